The smallest absolute Gasteiger partial charge is 0.431 e. The Bertz CT molecular complexity index is 1290. The van der Waals surface area contributed by atoms with Gasteiger partial charge < -0.3 is 9.72 Å². The van der Waals surface area contributed by atoms with E-state index in [9.17, 15) is 32.4 Å². The van der Waals surface area contributed by atoms with Gasteiger partial charge in [-0.2, -0.15) is 18.4 Å². The van der Waals surface area contributed by atoms with Crippen molar-refractivity contribution >= 4 is 0 Å². The molecule has 160 valence electrons. The van der Waals surface area contributed by atoms with Crippen LogP contribution in [0.15, 0.2) is 46.0 Å². The fraction of sp³-hybridized carbons (Fsp3) is 0.190. The van der Waals surface area contributed by atoms with E-state index in [1.165, 1.54) is 4.98 Å². The van der Waals surface area contributed by atoms with Crippen molar-refractivity contribution in [1.29, 1.82) is 5.26 Å². The monoisotopic (exact) mass is 433 g/mol. The van der Waals surface area contributed by atoms with Gasteiger partial charge in [0.25, 0.3) is 5.56 Å². The summed E-state index contributed by atoms with van der Waals surface area (Å²) in [6, 6.07) is 8.96. The maximum absolute atomic E-state index is 14.6. The first-order valence-corrected chi connectivity index (χ1v) is 9.00. The number of hydrogen-bond acceptors (Lipinski definition) is 4. The Hall–Kier alpha value is -3.87. The highest BCUT2D eigenvalue weighted by molar-refractivity contribution is 5.54. The average Bonchev–Trinajstić information content (AvgIpc) is 2.69. The number of nitrogens with one attached hydrogen (secondary N) is 1. The number of ether oxygens (including phenoxy) is 1. The van der Waals surface area contributed by atoms with Gasteiger partial charge in [0, 0.05) is 12.1 Å². The number of nitriles is 1. The van der Waals surface area contributed by atoms with Crippen LogP contribution in [0.25, 0.3) is 5.69 Å². The van der Waals surface area contributed by atoms with Crippen molar-refractivity contribution < 1.29 is 22.3 Å². The van der Waals surface area contributed by atoms with Crippen LogP contribution in [0, 0.1) is 24.1 Å². The molecule has 0 saturated heterocycles. The highest BCUT2D eigenvalue weighted by Crippen LogP contribution is 2.33. The number of rotatable bonds is 4. The molecule has 0 spiro atoms. The van der Waals surface area contributed by atoms with Crippen LogP contribution in [-0.2, 0) is 12.6 Å². The third kappa shape index (κ3) is 4.21. The summed E-state index contributed by atoms with van der Waals surface area (Å²) in [7, 11) is 0. The fourth-order valence-corrected chi connectivity index (χ4v) is 3.01. The van der Waals surface area contributed by atoms with E-state index >= 15 is 0 Å². The number of aromatic amines is 1. The van der Waals surface area contributed by atoms with Gasteiger partial charge in [0.15, 0.2) is 0 Å². The number of para-hydroxylation sites is 1. The van der Waals surface area contributed by atoms with Crippen molar-refractivity contribution in [3.63, 3.8) is 0 Å². The fourth-order valence-electron chi connectivity index (χ4n) is 3.01. The molecule has 1 aromatic heterocycles. The lowest BCUT2D eigenvalue weighted by Crippen LogP contribution is -2.36. The maximum atomic E-state index is 14.6. The highest BCUT2D eigenvalue weighted by Gasteiger charge is 2.33. The number of halogens is 4. The van der Waals surface area contributed by atoms with Crippen molar-refractivity contribution in [1.82, 2.24) is 9.55 Å². The number of hydrogen-bond donors (Lipinski definition) is 1. The molecule has 3 aromatic rings. The van der Waals surface area contributed by atoms with Crippen LogP contribution < -0.4 is 16.0 Å². The molecular formula is C21H15F4N3O3. The predicted octanol–water partition coefficient (Wildman–Crippen LogP) is 4.22. The zero-order chi connectivity index (χ0) is 22.9. The molecule has 1 N–H and O–H groups in total. The lowest BCUT2D eigenvalue weighted by Gasteiger charge is -2.16. The molecule has 0 aliphatic carbocycles. The summed E-state index contributed by atoms with van der Waals surface area (Å²) in [6.07, 6.45) is -4.37. The molecule has 10 heteroatoms. The highest BCUT2D eigenvalue weighted by atomic mass is 19.4. The summed E-state index contributed by atoms with van der Waals surface area (Å²) in [5, 5.41) is 9.36. The van der Waals surface area contributed by atoms with Crippen molar-refractivity contribution in [3.05, 3.63) is 85.4 Å². The molecule has 31 heavy (non-hydrogen) atoms. The Morgan fingerprint density at radius 3 is 2.48 bits per heavy atom. The Morgan fingerprint density at radius 1 is 1.19 bits per heavy atom. The number of benzene rings is 2. The molecule has 0 radical (unpaired) electrons. The predicted molar refractivity (Wildman–Crippen MR) is 103 cm³/mol. The third-order valence-electron chi connectivity index (χ3n) is 4.54. The molecule has 0 aliphatic heterocycles. The zero-order valence-corrected chi connectivity index (χ0v) is 16.3. The molecule has 3 rings (SSSR count). The van der Waals surface area contributed by atoms with Crippen LogP contribution in [0.5, 0.6) is 11.5 Å². The standard InChI is InChI=1S/C21H15F4N3O3/c1-3-12-6-4-5-11(2)19(12)31-16-8-15(14(22)7-13(16)10-26)28-18(29)9-17(21(23,24)25)27-20(28)30/h4-9H,3H2,1-2H3,(H,27,30). The first-order valence-electron chi connectivity index (χ1n) is 9.00. The minimum absolute atomic E-state index is 0.149. The molecule has 0 unspecified atom stereocenters. The number of aromatic nitrogens is 2. The largest absolute Gasteiger partial charge is 0.455 e. The first-order chi connectivity index (χ1) is 14.6. The molecule has 0 saturated carbocycles. The second kappa shape index (κ2) is 8.10. The minimum Gasteiger partial charge on any atom is -0.455 e. The second-order valence-corrected chi connectivity index (χ2v) is 6.59. The van der Waals surface area contributed by atoms with Gasteiger partial charge in [0.2, 0.25) is 0 Å². The van der Waals surface area contributed by atoms with Crippen LogP contribution in [0.1, 0.15) is 29.3 Å². The molecule has 0 amide bonds. The van der Waals surface area contributed by atoms with Gasteiger partial charge in [-0.1, -0.05) is 25.1 Å². The van der Waals surface area contributed by atoms with Crippen LogP contribution in [0.2, 0.25) is 0 Å². The summed E-state index contributed by atoms with van der Waals surface area (Å²) < 4.78 is 59.1. The van der Waals surface area contributed by atoms with E-state index in [2.05, 4.69) is 0 Å². The Morgan fingerprint density at radius 2 is 1.90 bits per heavy atom. The molecule has 6 nitrogen and oxygen atoms in total. The van der Waals surface area contributed by atoms with Gasteiger partial charge in [0.1, 0.15) is 29.1 Å². The van der Waals surface area contributed by atoms with Crippen LogP contribution in [-0.4, -0.2) is 9.55 Å². The molecular weight excluding hydrogens is 418 g/mol. The van der Waals surface area contributed by atoms with Crippen molar-refractivity contribution in [3.8, 4) is 23.3 Å². The number of alkyl halides is 3. The molecule has 0 atom stereocenters. The summed E-state index contributed by atoms with van der Waals surface area (Å²) in [4.78, 5) is 25.9. The number of H-pyrrole nitrogens is 1. The van der Waals surface area contributed by atoms with Crippen molar-refractivity contribution in [2.24, 2.45) is 0 Å². The number of aryl methyl sites for hydroxylation is 2. The Kier molecular flexibility index (Phi) is 5.71. The minimum atomic E-state index is -4.96. The maximum Gasteiger partial charge on any atom is 0.431 e. The second-order valence-electron chi connectivity index (χ2n) is 6.59. The Balaban J connectivity index is 2.21. The molecule has 0 bridgehead atoms. The van der Waals surface area contributed by atoms with E-state index in [-0.39, 0.29) is 21.9 Å². The van der Waals surface area contributed by atoms with E-state index in [1.807, 2.05) is 13.0 Å². The number of nitrogens with zero attached hydrogens (tertiary/aromatic N) is 2. The molecule has 1 heterocycles. The zero-order valence-electron chi connectivity index (χ0n) is 16.3. The van der Waals surface area contributed by atoms with Gasteiger partial charge in [-0.05, 0) is 30.5 Å². The summed E-state index contributed by atoms with van der Waals surface area (Å²) in [6.45, 7) is 3.64. The van der Waals surface area contributed by atoms with Crippen molar-refractivity contribution in [2.75, 3.05) is 0 Å². The quantitative estimate of drug-likeness (QED) is 0.624. The van der Waals surface area contributed by atoms with Crippen molar-refractivity contribution in [2.45, 2.75) is 26.4 Å². The van der Waals surface area contributed by atoms with Crippen LogP contribution in [0.3, 0.4) is 0 Å². The van der Waals surface area contributed by atoms with Gasteiger partial charge in [0.05, 0.1) is 11.3 Å². The third-order valence-corrected chi connectivity index (χ3v) is 4.54. The summed E-state index contributed by atoms with van der Waals surface area (Å²) in [5.41, 5.74) is -3.80. The normalized spacial score (nSPS) is 11.3. The van der Waals surface area contributed by atoms with Gasteiger partial charge in [-0.25, -0.2) is 13.8 Å². The van der Waals surface area contributed by atoms with E-state index in [1.54, 1.807) is 25.1 Å². The lowest BCUT2D eigenvalue weighted by molar-refractivity contribution is -0.141. The molecule has 0 fully saturated rings. The lowest BCUT2D eigenvalue weighted by atomic mass is 10.1. The van der Waals surface area contributed by atoms with Gasteiger partial charge in [-0.15, -0.1) is 0 Å². The van der Waals surface area contributed by atoms with E-state index in [0.717, 1.165) is 23.3 Å². The van der Waals surface area contributed by atoms with Gasteiger partial charge in [-0.3, -0.25) is 4.79 Å². The van der Waals surface area contributed by atoms with Crippen LogP contribution in [0.4, 0.5) is 17.6 Å². The summed E-state index contributed by atoms with van der Waals surface area (Å²) in [5.74, 6) is -0.904. The van der Waals surface area contributed by atoms with E-state index < -0.39 is 34.6 Å². The Labute approximate surface area is 173 Å². The first kappa shape index (κ1) is 21.8. The molecule has 2 aromatic carbocycles. The average molecular weight is 433 g/mol. The summed E-state index contributed by atoms with van der Waals surface area (Å²) >= 11 is 0. The topological polar surface area (TPSA) is 87.9 Å². The van der Waals surface area contributed by atoms with Crippen LogP contribution >= 0.6 is 0 Å². The molecule has 0 aliphatic rings. The van der Waals surface area contributed by atoms with E-state index in [0.29, 0.717) is 12.2 Å². The SMILES string of the molecule is CCc1cccc(C)c1Oc1cc(-n2c(=O)cc(C(F)(F)F)[nH]c2=O)c(F)cc1C#N. The van der Waals surface area contributed by atoms with E-state index in [4.69, 9.17) is 4.74 Å². The van der Waals surface area contributed by atoms with Gasteiger partial charge >= 0.3 is 11.9 Å².